The summed E-state index contributed by atoms with van der Waals surface area (Å²) in [5.74, 6) is 1.59. The molecule has 122 valence electrons. The first-order valence-electron chi connectivity index (χ1n) is 8.30. The number of anilines is 3. The number of benzene rings is 1. The molecule has 1 fully saturated rings. The molecule has 23 heavy (non-hydrogen) atoms. The fourth-order valence-corrected chi connectivity index (χ4v) is 2.84. The molecule has 1 aromatic carbocycles. The lowest BCUT2D eigenvalue weighted by Gasteiger charge is -2.22. The summed E-state index contributed by atoms with van der Waals surface area (Å²) in [6.07, 6.45) is 2.57. The Morgan fingerprint density at radius 3 is 2.78 bits per heavy atom. The van der Waals surface area contributed by atoms with Crippen molar-refractivity contribution in [3.8, 4) is 0 Å². The molecule has 1 unspecified atom stereocenters. The second kappa shape index (κ2) is 7.42. The molecule has 2 aromatic rings. The topological polar surface area (TPSA) is 50.3 Å². The quantitative estimate of drug-likeness (QED) is 0.884. The second-order valence-corrected chi connectivity index (χ2v) is 5.79. The molecule has 1 N–H and O–H groups in total. The number of para-hydroxylation sites is 1. The minimum Gasteiger partial charge on any atom is -0.376 e. The van der Waals surface area contributed by atoms with E-state index in [2.05, 4.69) is 34.3 Å². The van der Waals surface area contributed by atoms with Gasteiger partial charge in [-0.3, -0.25) is 0 Å². The van der Waals surface area contributed by atoms with Gasteiger partial charge in [-0.1, -0.05) is 18.2 Å². The molecule has 1 aromatic heterocycles. The summed E-state index contributed by atoms with van der Waals surface area (Å²) in [6, 6.07) is 12.2. The van der Waals surface area contributed by atoms with E-state index in [0.29, 0.717) is 6.10 Å². The summed E-state index contributed by atoms with van der Waals surface area (Å²) in [5.41, 5.74) is 2.06. The maximum absolute atomic E-state index is 5.66. The van der Waals surface area contributed by atoms with Crippen molar-refractivity contribution in [2.75, 3.05) is 29.9 Å². The Kier molecular flexibility index (Phi) is 5.08. The predicted molar refractivity (Wildman–Crippen MR) is 93.4 cm³/mol. The van der Waals surface area contributed by atoms with Gasteiger partial charge in [0.25, 0.3) is 0 Å². The molecule has 1 aliphatic rings. The number of nitrogens with one attached hydrogen (secondary N) is 1. The van der Waals surface area contributed by atoms with Gasteiger partial charge in [0, 0.05) is 37.1 Å². The number of ether oxygens (including phenoxy) is 1. The fraction of sp³-hybridized carbons (Fsp3) is 0.444. The fourth-order valence-electron chi connectivity index (χ4n) is 2.84. The molecule has 2 heterocycles. The van der Waals surface area contributed by atoms with Crippen molar-refractivity contribution in [1.29, 1.82) is 0 Å². The van der Waals surface area contributed by atoms with Crippen LogP contribution in [0.4, 0.5) is 17.5 Å². The molecule has 0 aliphatic carbocycles. The monoisotopic (exact) mass is 312 g/mol. The molecule has 3 rings (SSSR count). The van der Waals surface area contributed by atoms with Crippen LogP contribution < -0.4 is 10.2 Å². The SMILES string of the molecule is CCN(c1ccccc1)c1nc(C)cc(NCC2CCCO2)n1. The minimum absolute atomic E-state index is 0.296. The van der Waals surface area contributed by atoms with Gasteiger partial charge in [-0.2, -0.15) is 4.98 Å². The third kappa shape index (κ3) is 3.99. The number of nitrogens with zero attached hydrogens (tertiary/aromatic N) is 3. The van der Waals surface area contributed by atoms with Crippen LogP contribution in [0.5, 0.6) is 0 Å². The highest BCUT2D eigenvalue weighted by atomic mass is 16.5. The van der Waals surface area contributed by atoms with E-state index >= 15 is 0 Å². The third-order valence-corrected chi connectivity index (χ3v) is 4.00. The van der Waals surface area contributed by atoms with Crippen molar-refractivity contribution in [1.82, 2.24) is 9.97 Å². The molecule has 5 nitrogen and oxygen atoms in total. The summed E-state index contributed by atoms with van der Waals surface area (Å²) in [7, 11) is 0. The third-order valence-electron chi connectivity index (χ3n) is 4.00. The van der Waals surface area contributed by atoms with Crippen LogP contribution in [0.2, 0.25) is 0 Å². The minimum atomic E-state index is 0.296. The van der Waals surface area contributed by atoms with Gasteiger partial charge in [0.15, 0.2) is 0 Å². The number of aromatic nitrogens is 2. The van der Waals surface area contributed by atoms with Crippen LogP contribution in [-0.2, 0) is 4.74 Å². The molecule has 0 radical (unpaired) electrons. The number of hydrogen-bond donors (Lipinski definition) is 1. The molecular weight excluding hydrogens is 288 g/mol. The average Bonchev–Trinajstić information content (AvgIpc) is 3.08. The summed E-state index contributed by atoms with van der Waals surface area (Å²) in [4.78, 5) is 11.4. The molecule has 0 amide bonds. The van der Waals surface area contributed by atoms with Crippen molar-refractivity contribution >= 4 is 17.5 Å². The van der Waals surface area contributed by atoms with Gasteiger partial charge in [-0.15, -0.1) is 0 Å². The zero-order valence-electron chi connectivity index (χ0n) is 13.8. The summed E-state index contributed by atoms with van der Waals surface area (Å²) in [6.45, 7) is 6.60. The van der Waals surface area contributed by atoms with E-state index in [1.807, 2.05) is 31.2 Å². The van der Waals surface area contributed by atoms with Gasteiger partial charge in [-0.05, 0) is 38.8 Å². The van der Waals surface area contributed by atoms with E-state index in [-0.39, 0.29) is 0 Å². The Hall–Kier alpha value is -2.14. The molecule has 1 aliphatic heterocycles. The van der Waals surface area contributed by atoms with E-state index in [1.54, 1.807) is 0 Å². The average molecular weight is 312 g/mol. The van der Waals surface area contributed by atoms with Gasteiger partial charge in [0.05, 0.1) is 6.10 Å². The molecule has 0 bridgehead atoms. The molecule has 0 saturated carbocycles. The van der Waals surface area contributed by atoms with Crippen LogP contribution in [0.25, 0.3) is 0 Å². The Bertz CT molecular complexity index is 626. The summed E-state index contributed by atoms with van der Waals surface area (Å²) >= 11 is 0. The molecule has 1 saturated heterocycles. The van der Waals surface area contributed by atoms with Crippen molar-refractivity contribution in [3.63, 3.8) is 0 Å². The highest BCUT2D eigenvalue weighted by molar-refractivity contribution is 5.58. The van der Waals surface area contributed by atoms with Crippen LogP contribution in [0, 0.1) is 6.92 Å². The first-order valence-corrected chi connectivity index (χ1v) is 8.30. The first kappa shape index (κ1) is 15.7. The van der Waals surface area contributed by atoms with E-state index in [4.69, 9.17) is 9.72 Å². The molecule has 1 atom stereocenters. The maximum Gasteiger partial charge on any atom is 0.232 e. The van der Waals surface area contributed by atoms with E-state index in [0.717, 1.165) is 55.7 Å². The Morgan fingerprint density at radius 1 is 1.26 bits per heavy atom. The standard InChI is InChI=1S/C18H24N4O/c1-3-22(15-8-5-4-6-9-15)18-20-14(2)12-17(21-18)19-13-16-10-7-11-23-16/h4-6,8-9,12,16H,3,7,10-11,13H2,1-2H3,(H,19,20,21). The van der Waals surface area contributed by atoms with Crippen LogP contribution in [-0.4, -0.2) is 35.8 Å². The molecular formula is C18H24N4O. The van der Waals surface area contributed by atoms with Crippen molar-refractivity contribution in [2.45, 2.75) is 32.8 Å². The lowest BCUT2D eigenvalue weighted by atomic mass is 10.2. The van der Waals surface area contributed by atoms with Crippen LogP contribution in [0.1, 0.15) is 25.5 Å². The Labute approximate surface area is 137 Å². The van der Waals surface area contributed by atoms with E-state index in [1.165, 1.54) is 0 Å². The maximum atomic E-state index is 5.66. The summed E-state index contributed by atoms with van der Waals surface area (Å²) < 4.78 is 5.66. The Balaban J connectivity index is 1.78. The molecule has 5 heteroatoms. The zero-order valence-corrected chi connectivity index (χ0v) is 13.8. The largest absolute Gasteiger partial charge is 0.376 e. The predicted octanol–water partition coefficient (Wildman–Crippen LogP) is 3.53. The van der Waals surface area contributed by atoms with E-state index in [9.17, 15) is 0 Å². The van der Waals surface area contributed by atoms with Crippen LogP contribution in [0.15, 0.2) is 36.4 Å². The van der Waals surface area contributed by atoms with Gasteiger partial charge >= 0.3 is 0 Å². The first-order chi connectivity index (χ1) is 11.3. The van der Waals surface area contributed by atoms with Gasteiger partial charge < -0.3 is 15.0 Å². The van der Waals surface area contributed by atoms with Gasteiger partial charge in [-0.25, -0.2) is 4.98 Å². The van der Waals surface area contributed by atoms with Crippen LogP contribution >= 0.6 is 0 Å². The zero-order chi connectivity index (χ0) is 16.1. The number of aryl methyl sites for hydroxylation is 1. The highest BCUT2D eigenvalue weighted by Crippen LogP contribution is 2.23. The smallest absolute Gasteiger partial charge is 0.232 e. The second-order valence-electron chi connectivity index (χ2n) is 5.79. The molecule has 0 spiro atoms. The van der Waals surface area contributed by atoms with Crippen molar-refractivity contribution < 1.29 is 4.74 Å². The highest BCUT2D eigenvalue weighted by Gasteiger charge is 2.16. The Morgan fingerprint density at radius 2 is 2.09 bits per heavy atom. The number of rotatable bonds is 6. The van der Waals surface area contributed by atoms with Crippen molar-refractivity contribution in [3.05, 3.63) is 42.1 Å². The lowest BCUT2D eigenvalue weighted by Crippen LogP contribution is -2.22. The summed E-state index contributed by atoms with van der Waals surface area (Å²) in [5, 5.41) is 3.40. The van der Waals surface area contributed by atoms with Gasteiger partial charge in [0.2, 0.25) is 5.95 Å². The normalized spacial score (nSPS) is 17.2. The van der Waals surface area contributed by atoms with Crippen molar-refractivity contribution in [2.24, 2.45) is 0 Å². The van der Waals surface area contributed by atoms with E-state index < -0.39 is 0 Å². The van der Waals surface area contributed by atoms with Crippen LogP contribution in [0.3, 0.4) is 0 Å². The van der Waals surface area contributed by atoms with Gasteiger partial charge in [0.1, 0.15) is 5.82 Å². The lowest BCUT2D eigenvalue weighted by molar-refractivity contribution is 0.120. The number of hydrogen-bond acceptors (Lipinski definition) is 5.